The lowest BCUT2D eigenvalue weighted by Gasteiger charge is -2.09. The van der Waals surface area contributed by atoms with E-state index in [1.54, 1.807) is 6.07 Å². The first-order valence-electron chi connectivity index (χ1n) is 4.77. The van der Waals surface area contributed by atoms with Gasteiger partial charge in [0, 0.05) is 37.6 Å². The third-order valence-corrected chi connectivity index (χ3v) is 2.44. The fraction of sp³-hybridized carbons (Fsp3) is 0.182. The van der Waals surface area contributed by atoms with Crippen LogP contribution in [0.15, 0.2) is 30.5 Å². The van der Waals surface area contributed by atoms with Gasteiger partial charge in [-0.05, 0) is 12.1 Å². The number of pyridine rings is 1. The topological polar surface area (TPSA) is 51.0 Å². The second-order valence-electron chi connectivity index (χ2n) is 3.29. The Kier molecular flexibility index (Phi) is 2.33. The highest BCUT2D eigenvalue weighted by molar-refractivity contribution is 5.92. The van der Waals surface area contributed by atoms with E-state index in [9.17, 15) is 5.21 Å². The smallest absolute Gasteiger partial charge is 0.227 e. The molecule has 0 bridgehead atoms. The summed E-state index contributed by atoms with van der Waals surface area (Å²) in [6, 6.07) is 7.48. The van der Waals surface area contributed by atoms with Gasteiger partial charge in [0.25, 0.3) is 0 Å². The van der Waals surface area contributed by atoms with Crippen LogP contribution >= 0.6 is 0 Å². The average molecular weight is 203 g/mol. The number of nitrogens with one attached hydrogen (secondary N) is 2. The van der Waals surface area contributed by atoms with Gasteiger partial charge in [-0.1, -0.05) is 0 Å². The van der Waals surface area contributed by atoms with Crippen LogP contribution in [-0.4, -0.2) is 14.1 Å². The van der Waals surface area contributed by atoms with E-state index in [0.717, 1.165) is 21.5 Å². The number of nitrogens with zero attached hydrogens (tertiary/aromatic N) is 1. The average Bonchev–Trinajstić information content (AvgIpc) is 2.28. The largest absolute Gasteiger partial charge is 0.618 e. The number of hydrogen-bond acceptors (Lipinski definition) is 3. The molecule has 0 aliphatic heterocycles. The van der Waals surface area contributed by atoms with Gasteiger partial charge in [0.2, 0.25) is 5.52 Å². The Morgan fingerprint density at radius 1 is 1.20 bits per heavy atom. The molecule has 2 aromatic rings. The van der Waals surface area contributed by atoms with E-state index in [4.69, 9.17) is 0 Å². The number of fused-ring (bicyclic) bond motifs is 1. The van der Waals surface area contributed by atoms with Crippen molar-refractivity contribution in [2.75, 3.05) is 24.7 Å². The quantitative estimate of drug-likeness (QED) is 0.575. The fourth-order valence-corrected chi connectivity index (χ4v) is 1.64. The van der Waals surface area contributed by atoms with E-state index in [2.05, 4.69) is 10.6 Å². The molecular weight excluding hydrogens is 190 g/mol. The molecule has 1 aromatic heterocycles. The van der Waals surface area contributed by atoms with Gasteiger partial charge in [-0.15, -0.1) is 0 Å². The number of benzene rings is 1. The highest BCUT2D eigenvalue weighted by Gasteiger charge is 2.08. The van der Waals surface area contributed by atoms with E-state index in [1.807, 2.05) is 32.3 Å². The summed E-state index contributed by atoms with van der Waals surface area (Å²) in [4.78, 5) is 0. The van der Waals surface area contributed by atoms with Crippen molar-refractivity contribution in [3.05, 3.63) is 35.7 Å². The van der Waals surface area contributed by atoms with Crippen molar-refractivity contribution < 1.29 is 4.73 Å². The van der Waals surface area contributed by atoms with E-state index < -0.39 is 0 Å². The van der Waals surface area contributed by atoms with Crippen LogP contribution in [0.25, 0.3) is 10.9 Å². The maximum absolute atomic E-state index is 11.6. The molecule has 2 N–H and O–H groups in total. The predicted molar refractivity (Wildman–Crippen MR) is 62.0 cm³/mol. The minimum Gasteiger partial charge on any atom is -0.618 e. The third-order valence-electron chi connectivity index (χ3n) is 2.44. The Labute approximate surface area is 88.1 Å². The molecule has 0 fully saturated rings. The van der Waals surface area contributed by atoms with Crippen molar-refractivity contribution in [2.45, 2.75) is 0 Å². The Bertz CT molecular complexity index is 496. The van der Waals surface area contributed by atoms with Crippen LogP contribution in [0, 0.1) is 5.21 Å². The highest BCUT2D eigenvalue weighted by Crippen LogP contribution is 2.25. The van der Waals surface area contributed by atoms with E-state index in [0.29, 0.717) is 5.52 Å². The third kappa shape index (κ3) is 1.54. The van der Waals surface area contributed by atoms with Gasteiger partial charge in [-0.2, -0.15) is 4.73 Å². The lowest BCUT2D eigenvalue weighted by molar-refractivity contribution is -0.576. The molecule has 15 heavy (non-hydrogen) atoms. The summed E-state index contributed by atoms with van der Waals surface area (Å²) in [5.41, 5.74) is 2.53. The van der Waals surface area contributed by atoms with Gasteiger partial charge in [0.05, 0.1) is 5.39 Å². The van der Waals surface area contributed by atoms with Crippen molar-refractivity contribution >= 4 is 22.3 Å². The molecule has 78 valence electrons. The predicted octanol–water partition coefficient (Wildman–Crippen LogP) is 1.56. The van der Waals surface area contributed by atoms with Gasteiger partial charge in [-0.3, -0.25) is 0 Å². The van der Waals surface area contributed by atoms with Gasteiger partial charge in [0.1, 0.15) is 0 Å². The van der Waals surface area contributed by atoms with Crippen LogP contribution in [0.4, 0.5) is 11.4 Å². The molecule has 4 heteroatoms. The van der Waals surface area contributed by atoms with E-state index in [-0.39, 0.29) is 0 Å². The monoisotopic (exact) mass is 203 g/mol. The second-order valence-corrected chi connectivity index (χ2v) is 3.29. The highest BCUT2D eigenvalue weighted by atomic mass is 16.5. The van der Waals surface area contributed by atoms with Crippen LogP contribution < -0.4 is 15.4 Å². The van der Waals surface area contributed by atoms with E-state index >= 15 is 0 Å². The normalized spacial score (nSPS) is 10.3. The molecule has 0 aliphatic carbocycles. The summed E-state index contributed by atoms with van der Waals surface area (Å²) in [6.45, 7) is 0. The van der Waals surface area contributed by atoms with Gasteiger partial charge in [0.15, 0.2) is 6.20 Å². The Hall–Kier alpha value is -1.97. The lowest BCUT2D eigenvalue weighted by atomic mass is 10.1. The number of anilines is 2. The Morgan fingerprint density at radius 3 is 2.67 bits per heavy atom. The zero-order valence-corrected chi connectivity index (χ0v) is 8.74. The number of rotatable bonds is 2. The molecule has 0 amide bonds. The number of hydrogen-bond donors (Lipinski definition) is 2. The van der Waals surface area contributed by atoms with Crippen LogP contribution in [0.1, 0.15) is 0 Å². The van der Waals surface area contributed by atoms with Crippen molar-refractivity contribution in [2.24, 2.45) is 0 Å². The molecule has 0 radical (unpaired) electrons. The molecule has 2 rings (SSSR count). The van der Waals surface area contributed by atoms with Crippen LogP contribution in [0.5, 0.6) is 0 Å². The first-order valence-corrected chi connectivity index (χ1v) is 4.77. The van der Waals surface area contributed by atoms with Crippen LogP contribution in [0.2, 0.25) is 0 Å². The molecule has 0 aliphatic rings. The SMILES string of the molecule is CNc1cc(NC)c2ccc[n+]([O-])c2c1. The Morgan fingerprint density at radius 2 is 2.00 bits per heavy atom. The van der Waals surface area contributed by atoms with Crippen LogP contribution in [-0.2, 0) is 0 Å². The summed E-state index contributed by atoms with van der Waals surface area (Å²) in [5, 5.41) is 18.6. The molecule has 1 aromatic carbocycles. The molecule has 4 nitrogen and oxygen atoms in total. The summed E-state index contributed by atoms with van der Waals surface area (Å²) < 4.78 is 0.872. The fourth-order valence-electron chi connectivity index (χ4n) is 1.64. The molecule has 0 spiro atoms. The Balaban J connectivity index is 2.80. The van der Waals surface area contributed by atoms with E-state index in [1.165, 1.54) is 6.20 Å². The summed E-state index contributed by atoms with van der Waals surface area (Å²) >= 11 is 0. The molecule has 0 unspecified atom stereocenters. The van der Waals surface area contributed by atoms with Crippen molar-refractivity contribution in [3.63, 3.8) is 0 Å². The van der Waals surface area contributed by atoms with Crippen molar-refractivity contribution in [1.29, 1.82) is 0 Å². The molecular formula is C11H13N3O. The minimum atomic E-state index is 0.661. The first-order chi connectivity index (χ1) is 7.26. The minimum absolute atomic E-state index is 0.661. The van der Waals surface area contributed by atoms with Gasteiger partial charge < -0.3 is 15.8 Å². The molecule has 0 saturated carbocycles. The summed E-state index contributed by atoms with van der Waals surface area (Å²) in [5.74, 6) is 0. The number of aromatic nitrogens is 1. The standard InChI is InChI=1S/C11H13N3O/c1-12-8-6-10(13-2)9-4-3-5-14(15)11(9)7-8/h3-7,12-13H,1-2H3. The summed E-state index contributed by atoms with van der Waals surface area (Å²) in [6.07, 6.45) is 1.50. The van der Waals surface area contributed by atoms with Gasteiger partial charge in [-0.25, -0.2) is 0 Å². The van der Waals surface area contributed by atoms with Crippen LogP contribution in [0.3, 0.4) is 0 Å². The van der Waals surface area contributed by atoms with Crippen molar-refractivity contribution in [3.8, 4) is 0 Å². The lowest BCUT2D eigenvalue weighted by Crippen LogP contribution is -2.26. The maximum Gasteiger partial charge on any atom is 0.227 e. The zero-order chi connectivity index (χ0) is 10.8. The van der Waals surface area contributed by atoms with Crippen molar-refractivity contribution in [1.82, 2.24) is 0 Å². The molecule has 0 atom stereocenters. The second kappa shape index (κ2) is 3.65. The first kappa shape index (κ1) is 9.58. The molecule has 1 heterocycles. The zero-order valence-electron chi connectivity index (χ0n) is 8.74. The summed E-state index contributed by atoms with van der Waals surface area (Å²) in [7, 11) is 3.68. The van der Waals surface area contributed by atoms with Gasteiger partial charge >= 0.3 is 0 Å². The maximum atomic E-state index is 11.6. The molecule has 0 saturated heterocycles.